The summed E-state index contributed by atoms with van der Waals surface area (Å²) in [6.07, 6.45) is 8.84. The third-order valence-corrected chi connectivity index (χ3v) is 11.4. The molecule has 0 atom stereocenters. The van der Waals surface area contributed by atoms with Gasteiger partial charge in [0.15, 0.2) is 0 Å². The number of methoxy groups -OCH3 is 2. The molecule has 37 heavy (non-hydrogen) atoms. The van der Waals surface area contributed by atoms with Crippen molar-refractivity contribution >= 4 is 74.1 Å². The Balaban J connectivity index is 1.40. The molecule has 0 spiro atoms. The lowest BCUT2D eigenvalue weighted by Crippen LogP contribution is -1.81. The zero-order valence-electron chi connectivity index (χ0n) is 20.5. The highest BCUT2D eigenvalue weighted by Gasteiger charge is 2.18. The topological polar surface area (TPSA) is 18.5 Å². The van der Waals surface area contributed by atoms with E-state index in [1.807, 2.05) is 46.9 Å². The fraction of sp³-hybridized carbons (Fsp3) is 0.0625. The molecule has 3 aromatic carbocycles. The molecule has 0 aliphatic rings. The van der Waals surface area contributed by atoms with Gasteiger partial charge in [-0.05, 0) is 65.0 Å². The molecule has 0 saturated heterocycles. The van der Waals surface area contributed by atoms with E-state index in [1.165, 1.54) is 45.8 Å². The van der Waals surface area contributed by atoms with Gasteiger partial charge in [0.25, 0.3) is 0 Å². The van der Waals surface area contributed by atoms with Crippen molar-refractivity contribution in [2.45, 2.75) is 0 Å². The van der Waals surface area contributed by atoms with Crippen molar-refractivity contribution in [2.24, 2.45) is 0 Å². The molecule has 6 rings (SSSR count). The monoisotopic (exact) mass is 536 g/mol. The molecule has 3 aromatic heterocycles. The lowest BCUT2D eigenvalue weighted by molar-refractivity contribution is 0.414. The maximum absolute atomic E-state index is 5.29. The van der Waals surface area contributed by atoms with E-state index in [2.05, 4.69) is 91.0 Å². The van der Waals surface area contributed by atoms with Crippen molar-refractivity contribution in [1.82, 2.24) is 0 Å². The minimum atomic E-state index is -0.553. The van der Waals surface area contributed by atoms with Gasteiger partial charge in [0.1, 0.15) is 11.5 Å². The van der Waals surface area contributed by atoms with Gasteiger partial charge in [-0.3, -0.25) is 0 Å². The van der Waals surface area contributed by atoms with Crippen LogP contribution in [-0.2, 0) is 0 Å². The van der Waals surface area contributed by atoms with Crippen molar-refractivity contribution in [3.05, 3.63) is 112 Å². The molecule has 0 N–H and O–H groups in total. The SMILES string of the molecule is COc1ccc(/C=C/c2cc3c(s2)c2sc(/C=C/c4ccc(OC)cc4)cc2p3-c2ccccc2)cc1. The van der Waals surface area contributed by atoms with Crippen molar-refractivity contribution < 1.29 is 9.47 Å². The number of benzene rings is 3. The Morgan fingerprint density at radius 1 is 0.568 bits per heavy atom. The maximum atomic E-state index is 5.29. The first-order valence-electron chi connectivity index (χ1n) is 12.0. The van der Waals surface area contributed by atoms with Crippen LogP contribution in [0.25, 0.3) is 49.2 Å². The van der Waals surface area contributed by atoms with Gasteiger partial charge in [-0.15, -0.1) is 22.7 Å². The Labute approximate surface area is 225 Å². The van der Waals surface area contributed by atoms with E-state index in [0.717, 1.165) is 11.5 Å². The quantitative estimate of drug-likeness (QED) is 0.202. The van der Waals surface area contributed by atoms with Gasteiger partial charge in [0, 0.05) is 20.0 Å². The van der Waals surface area contributed by atoms with Gasteiger partial charge >= 0.3 is 0 Å². The number of fused-ring (bicyclic) bond motifs is 3. The normalized spacial score (nSPS) is 11.8. The van der Waals surface area contributed by atoms with E-state index in [-0.39, 0.29) is 0 Å². The van der Waals surface area contributed by atoms with Crippen LogP contribution in [0, 0.1) is 0 Å². The summed E-state index contributed by atoms with van der Waals surface area (Å²) in [6.45, 7) is 0. The molecule has 0 radical (unpaired) electrons. The Morgan fingerprint density at radius 2 is 1.03 bits per heavy atom. The van der Waals surface area contributed by atoms with Gasteiger partial charge in [-0.2, -0.15) is 0 Å². The predicted molar refractivity (Wildman–Crippen MR) is 165 cm³/mol. The third-order valence-electron chi connectivity index (χ3n) is 6.28. The molecular formula is C32H25O2PS2. The lowest BCUT2D eigenvalue weighted by Gasteiger charge is -2.01. The lowest BCUT2D eigenvalue weighted by atomic mass is 10.2. The van der Waals surface area contributed by atoms with Crippen molar-refractivity contribution in [1.29, 1.82) is 0 Å². The minimum Gasteiger partial charge on any atom is -0.497 e. The first kappa shape index (κ1) is 23.8. The Bertz CT molecular complexity index is 1610. The van der Waals surface area contributed by atoms with Crippen molar-refractivity contribution in [2.75, 3.05) is 14.2 Å². The molecule has 0 amide bonds. The summed E-state index contributed by atoms with van der Waals surface area (Å²) in [7, 11) is 2.84. The van der Waals surface area contributed by atoms with Crippen LogP contribution in [0.1, 0.15) is 20.9 Å². The van der Waals surface area contributed by atoms with Crippen LogP contribution in [0.15, 0.2) is 91.0 Å². The van der Waals surface area contributed by atoms with E-state index < -0.39 is 7.53 Å². The average molecular weight is 537 g/mol. The number of thiophene rings is 2. The summed E-state index contributed by atoms with van der Waals surface area (Å²) in [6, 6.07) is 32.1. The molecule has 0 fully saturated rings. The van der Waals surface area contributed by atoms with E-state index in [9.17, 15) is 0 Å². The van der Waals surface area contributed by atoms with Crippen LogP contribution in [0.3, 0.4) is 0 Å². The number of hydrogen-bond acceptors (Lipinski definition) is 4. The van der Waals surface area contributed by atoms with Gasteiger partial charge in [-0.1, -0.05) is 74.3 Å². The second-order valence-electron chi connectivity index (χ2n) is 8.61. The van der Waals surface area contributed by atoms with Crippen LogP contribution >= 0.6 is 30.2 Å². The molecule has 3 heterocycles. The standard InChI is InChI=1S/C32H25O2PS2/c1-33-24-14-8-22(9-15-24)12-18-27-20-29-31(36-27)32-30(35(29)26-6-4-3-5-7-26)21-28(37-32)19-13-23-10-16-25(34-2)17-11-23/h3-21H,1-2H3/b18-12+,19-13+. The number of hydrogen-bond donors (Lipinski definition) is 0. The molecule has 6 aromatic rings. The highest BCUT2D eigenvalue weighted by molar-refractivity contribution is 7.69. The summed E-state index contributed by atoms with van der Waals surface area (Å²) in [5.74, 6) is 1.76. The van der Waals surface area contributed by atoms with Crippen LogP contribution in [0.4, 0.5) is 0 Å². The second-order valence-corrected chi connectivity index (χ2v) is 12.9. The van der Waals surface area contributed by atoms with Crippen LogP contribution < -0.4 is 9.47 Å². The van der Waals surface area contributed by atoms with Gasteiger partial charge < -0.3 is 9.47 Å². The van der Waals surface area contributed by atoms with Gasteiger partial charge in [-0.25, -0.2) is 0 Å². The Morgan fingerprint density at radius 3 is 1.46 bits per heavy atom. The zero-order valence-corrected chi connectivity index (χ0v) is 23.1. The largest absolute Gasteiger partial charge is 0.497 e. The van der Waals surface area contributed by atoms with Crippen molar-refractivity contribution in [3.8, 4) is 16.8 Å². The smallest absolute Gasteiger partial charge is 0.118 e. The molecule has 0 unspecified atom stereocenters. The molecule has 0 saturated carbocycles. The summed E-state index contributed by atoms with van der Waals surface area (Å²) >= 11 is 3.80. The second kappa shape index (κ2) is 10.4. The van der Waals surface area contributed by atoms with Crippen LogP contribution in [-0.4, -0.2) is 14.2 Å². The minimum absolute atomic E-state index is 0.553. The van der Waals surface area contributed by atoms with E-state index in [1.54, 1.807) is 14.2 Å². The van der Waals surface area contributed by atoms with Crippen LogP contribution in [0.5, 0.6) is 11.5 Å². The van der Waals surface area contributed by atoms with E-state index in [0.29, 0.717) is 0 Å². The van der Waals surface area contributed by atoms with E-state index in [4.69, 9.17) is 9.47 Å². The van der Waals surface area contributed by atoms with Gasteiger partial charge in [0.05, 0.1) is 23.6 Å². The Hall–Kier alpha value is -3.56. The van der Waals surface area contributed by atoms with Gasteiger partial charge in [0.2, 0.25) is 0 Å². The highest BCUT2D eigenvalue weighted by Crippen LogP contribution is 2.59. The van der Waals surface area contributed by atoms with Crippen LogP contribution in [0.2, 0.25) is 0 Å². The first-order valence-corrected chi connectivity index (χ1v) is 15.0. The fourth-order valence-corrected chi connectivity index (χ4v) is 10.1. The summed E-state index contributed by atoms with van der Waals surface area (Å²) in [4.78, 5) is 2.58. The summed E-state index contributed by atoms with van der Waals surface area (Å²) in [5.41, 5.74) is 2.34. The molecular weight excluding hydrogens is 511 g/mol. The molecule has 0 bridgehead atoms. The first-order chi connectivity index (χ1) is 18.2. The third kappa shape index (κ3) is 4.89. The molecule has 0 aliphatic carbocycles. The predicted octanol–water partition coefficient (Wildman–Crippen LogP) is 10.4. The maximum Gasteiger partial charge on any atom is 0.118 e. The molecule has 5 heteroatoms. The number of ether oxygens (including phenoxy) is 2. The summed E-state index contributed by atoms with van der Waals surface area (Å²) in [5, 5.41) is 4.37. The van der Waals surface area contributed by atoms with E-state index >= 15 is 0 Å². The highest BCUT2D eigenvalue weighted by atomic mass is 32.1. The fourth-order valence-electron chi connectivity index (χ4n) is 4.39. The molecule has 2 nitrogen and oxygen atoms in total. The average Bonchev–Trinajstić information content (AvgIpc) is 3.62. The number of rotatable bonds is 7. The molecule has 0 aliphatic heterocycles. The Kier molecular flexibility index (Phi) is 6.72. The summed E-state index contributed by atoms with van der Waals surface area (Å²) < 4.78 is 13.4. The molecule has 182 valence electrons. The zero-order chi connectivity index (χ0) is 25.2. The van der Waals surface area contributed by atoms with Crippen molar-refractivity contribution in [3.63, 3.8) is 0 Å².